The molecule has 1 aliphatic carbocycles. The van der Waals surface area contributed by atoms with E-state index in [2.05, 4.69) is 24.3 Å². The Labute approximate surface area is 161 Å². The maximum Gasteiger partial charge on any atom is 0.306 e. The molecule has 0 unspecified atom stereocenters. The van der Waals surface area contributed by atoms with E-state index in [9.17, 15) is 15.0 Å². The summed E-state index contributed by atoms with van der Waals surface area (Å²) in [7, 11) is 0. The van der Waals surface area contributed by atoms with Crippen LogP contribution in [-0.4, -0.2) is 34.5 Å². The quantitative estimate of drug-likeness (QED) is 0.614. The van der Waals surface area contributed by atoms with E-state index in [1.54, 1.807) is 6.08 Å². The van der Waals surface area contributed by atoms with Gasteiger partial charge in [0.25, 0.3) is 0 Å². The first-order valence-corrected chi connectivity index (χ1v) is 10.1. The average molecular weight is 370 g/mol. The number of esters is 1. The lowest BCUT2D eigenvalue weighted by molar-refractivity contribution is -0.151. The summed E-state index contributed by atoms with van der Waals surface area (Å²) in [6.45, 7) is 0. The molecule has 1 saturated carbocycles. The van der Waals surface area contributed by atoms with Gasteiger partial charge in [-0.1, -0.05) is 54.6 Å². The summed E-state index contributed by atoms with van der Waals surface area (Å²) >= 11 is 0. The Hall–Kier alpha value is -1.91. The Morgan fingerprint density at radius 3 is 2.85 bits per heavy atom. The van der Waals surface area contributed by atoms with Gasteiger partial charge in [0, 0.05) is 24.7 Å². The molecule has 4 heteroatoms. The van der Waals surface area contributed by atoms with Crippen molar-refractivity contribution in [2.75, 3.05) is 0 Å². The molecular formula is C23H30O4. The second-order valence-corrected chi connectivity index (χ2v) is 7.65. The molecule has 27 heavy (non-hydrogen) atoms. The van der Waals surface area contributed by atoms with Gasteiger partial charge in [0.05, 0.1) is 12.2 Å². The predicted octanol–water partition coefficient (Wildman–Crippen LogP) is 3.58. The summed E-state index contributed by atoms with van der Waals surface area (Å²) in [5.41, 5.74) is 1.20. The van der Waals surface area contributed by atoms with Gasteiger partial charge in [0.15, 0.2) is 0 Å². The van der Waals surface area contributed by atoms with Gasteiger partial charge in [-0.15, -0.1) is 0 Å². The van der Waals surface area contributed by atoms with Crippen LogP contribution in [0.1, 0.15) is 44.1 Å². The fraction of sp³-hybridized carbons (Fsp3) is 0.522. The summed E-state index contributed by atoms with van der Waals surface area (Å²) in [6, 6.07) is 10.1. The van der Waals surface area contributed by atoms with Gasteiger partial charge < -0.3 is 14.9 Å². The molecule has 0 aromatic heterocycles. The number of carbonyl (C=O) groups excluding carboxylic acids is 1. The Bertz CT molecular complexity index is 652. The molecule has 5 atom stereocenters. The largest absolute Gasteiger partial charge is 0.462 e. The van der Waals surface area contributed by atoms with Crippen molar-refractivity contribution in [1.29, 1.82) is 0 Å². The van der Waals surface area contributed by atoms with E-state index in [-0.39, 0.29) is 23.9 Å². The average Bonchev–Trinajstić information content (AvgIpc) is 2.96. The Kier molecular flexibility index (Phi) is 7.25. The van der Waals surface area contributed by atoms with Crippen LogP contribution in [0.5, 0.6) is 0 Å². The van der Waals surface area contributed by atoms with Gasteiger partial charge >= 0.3 is 5.97 Å². The molecular weight excluding hydrogens is 340 g/mol. The maximum absolute atomic E-state index is 12.0. The van der Waals surface area contributed by atoms with Gasteiger partial charge in [-0.3, -0.25) is 4.79 Å². The SMILES string of the molecule is O=C1CCC/C=C\C[C@@H]2[C@@H](C=C[C@@H](O)CCc3ccccc3)[C@H](O)C[C@@H]2O1. The number of carbonyl (C=O) groups is 1. The number of fused-ring (bicyclic) bond motifs is 1. The number of hydrogen-bond acceptors (Lipinski definition) is 4. The molecule has 1 aliphatic heterocycles. The van der Waals surface area contributed by atoms with E-state index in [0.29, 0.717) is 19.3 Å². The molecule has 1 aromatic rings. The molecule has 1 heterocycles. The minimum atomic E-state index is -0.547. The first kappa shape index (κ1) is 19.8. The van der Waals surface area contributed by atoms with E-state index in [1.807, 2.05) is 24.3 Å². The van der Waals surface area contributed by atoms with Crippen LogP contribution in [0, 0.1) is 11.8 Å². The molecule has 0 saturated heterocycles. The van der Waals surface area contributed by atoms with E-state index in [4.69, 9.17) is 4.74 Å². The first-order valence-electron chi connectivity index (χ1n) is 10.1. The molecule has 0 bridgehead atoms. The zero-order valence-electron chi connectivity index (χ0n) is 15.7. The van der Waals surface area contributed by atoms with Crippen LogP contribution < -0.4 is 0 Å². The third-order valence-electron chi connectivity index (χ3n) is 5.63. The first-order chi connectivity index (χ1) is 13.1. The minimum Gasteiger partial charge on any atom is -0.462 e. The normalized spacial score (nSPS) is 31.3. The van der Waals surface area contributed by atoms with Crippen molar-refractivity contribution in [2.24, 2.45) is 11.8 Å². The highest BCUT2D eigenvalue weighted by atomic mass is 16.5. The number of hydrogen-bond donors (Lipinski definition) is 2. The van der Waals surface area contributed by atoms with Crippen LogP contribution in [-0.2, 0) is 16.0 Å². The van der Waals surface area contributed by atoms with Crippen molar-refractivity contribution in [3.63, 3.8) is 0 Å². The zero-order valence-corrected chi connectivity index (χ0v) is 15.7. The van der Waals surface area contributed by atoms with Crippen LogP contribution in [0.3, 0.4) is 0 Å². The van der Waals surface area contributed by atoms with Crippen molar-refractivity contribution in [2.45, 2.75) is 63.3 Å². The molecule has 2 N–H and O–H groups in total. The van der Waals surface area contributed by atoms with Gasteiger partial charge in [0.1, 0.15) is 6.10 Å². The predicted molar refractivity (Wildman–Crippen MR) is 105 cm³/mol. The Balaban J connectivity index is 1.60. The smallest absolute Gasteiger partial charge is 0.306 e. The Morgan fingerprint density at radius 1 is 1.22 bits per heavy atom. The molecule has 0 radical (unpaired) electrons. The highest BCUT2D eigenvalue weighted by molar-refractivity contribution is 5.69. The monoisotopic (exact) mass is 370 g/mol. The van der Waals surface area contributed by atoms with Crippen LogP contribution in [0.25, 0.3) is 0 Å². The van der Waals surface area contributed by atoms with Crippen LogP contribution in [0.4, 0.5) is 0 Å². The van der Waals surface area contributed by atoms with Gasteiger partial charge in [-0.25, -0.2) is 0 Å². The van der Waals surface area contributed by atoms with Crippen molar-refractivity contribution < 1.29 is 19.7 Å². The fourth-order valence-corrected chi connectivity index (χ4v) is 4.09. The highest BCUT2D eigenvalue weighted by Crippen LogP contribution is 2.38. The summed E-state index contributed by atoms with van der Waals surface area (Å²) < 4.78 is 5.63. The van der Waals surface area contributed by atoms with Gasteiger partial charge in [0.2, 0.25) is 0 Å². The molecule has 146 valence electrons. The number of aryl methyl sites for hydroxylation is 1. The number of ether oxygens (including phenoxy) is 1. The molecule has 3 rings (SSSR count). The van der Waals surface area contributed by atoms with E-state index in [0.717, 1.165) is 25.7 Å². The lowest BCUT2D eigenvalue weighted by Crippen LogP contribution is -2.25. The molecule has 0 spiro atoms. The lowest BCUT2D eigenvalue weighted by atomic mass is 9.89. The minimum absolute atomic E-state index is 0.0656. The second-order valence-electron chi connectivity index (χ2n) is 7.65. The van der Waals surface area contributed by atoms with E-state index < -0.39 is 12.2 Å². The molecule has 2 aliphatic rings. The number of rotatable bonds is 5. The third-order valence-corrected chi connectivity index (χ3v) is 5.63. The lowest BCUT2D eigenvalue weighted by Gasteiger charge is -2.23. The van der Waals surface area contributed by atoms with E-state index >= 15 is 0 Å². The number of allylic oxidation sites excluding steroid dienone is 2. The number of aliphatic hydroxyl groups is 2. The van der Waals surface area contributed by atoms with Crippen LogP contribution in [0.15, 0.2) is 54.6 Å². The summed E-state index contributed by atoms with van der Waals surface area (Å²) in [5.74, 6) is -0.200. The van der Waals surface area contributed by atoms with Gasteiger partial charge in [-0.2, -0.15) is 0 Å². The van der Waals surface area contributed by atoms with Crippen molar-refractivity contribution >= 4 is 5.97 Å². The van der Waals surface area contributed by atoms with Crippen molar-refractivity contribution in [3.05, 3.63) is 60.2 Å². The molecule has 4 nitrogen and oxygen atoms in total. The Morgan fingerprint density at radius 2 is 2.04 bits per heavy atom. The number of benzene rings is 1. The number of aliphatic hydroxyl groups excluding tert-OH is 2. The van der Waals surface area contributed by atoms with Crippen molar-refractivity contribution in [3.8, 4) is 0 Å². The molecule has 1 fully saturated rings. The summed E-state index contributed by atoms with van der Waals surface area (Å²) in [6.07, 6.45) is 11.5. The fourth-order valence-electron chi connectivity index (χ4n) is 4.09. The van der Waals surface area contributed by atoms with Crippen LogP contribution >= 0.6 is 0 Å². The van der Waals surface area contributed by atoms with Gasteiger partial charge in [-0.05, 0) is 37.7 Å². The maximum atomic E-state index is 12.0. The topological polar surface area (TPSA) is 66.8 Å². The third kappa shape index (κ3) is 5.78. The standard InChI is InChI=1S/C23H30O4/c24-18(13-12-17-8-4-3-5-9-17)14-15-19-20-10-6-1-2-7-11-23(26)27-22(20)16-21(19)25/h1,3-6,8-9,14-15,18-22,24-25H,2,7,10-13,16H2/b6-1-,15-14?/t18-,19+,20+,21+,22-/m0/s1. The summed E-state index contributed by atoms with van der Waals surface area (Å²) in [4.78, 5) is 12.0. The molecule has 0 amide bonds. The van der Waals surface area contributed by atoms with Crippen LogP contribution in [0.2, 0.25) is 0 Å². The zero-order chi connectivity index (χ0) is 19.1. The van der Waals surface area contributed by atoms with E-state index in [1.165, 1.54) is 5.56 Å². The summed E-state index contributed by atoms with van der Waals surface area (Å²) in [5, 5.41) is 20.8. The second kappa shape index (κ2) is 9.86. The van der Waals surface area contributed by atoms with Crippen molar-refractivity contribution in [1.82, 2.24) is 0 Å². The highest BCUT2D eigenvalue weighted by Gasteiger charge is 2.42. The molecule has 1 aromatic carbocycles.